The van der Waals surface area contributed by atoms with Gasteiger partial charge >= 0.3 is 0 Å². The van der Waals surface area contributed by atoms with Crippen LogP contribution in [0.2, 0.25) is 0 Å². The topological polar surface area (TPSA) is 18.5 Å². The summed E-state index contributed by atoms with van der Waals surface area (Å²) in [5.41, 5.74) is 2.12. The molecule has 0 fully saturated rings. The molecule has 0 radical (unpaired) electrons. The predicted octanol–water partition coefficient (Wildman–Crippen LogP) is 4.30. The summed E-state index contributed by atoms with van der Waals surface area (Å²) in [5.74, 6) is -0.516. The number of rotatable bonds is 0. The van der Waals surface area contributed by atoms with E-state index in [0.717, 1.165) is 43.2 Å². The lowest BCUT2D eigenvalue weighted by atomic mass is 10.1. The number of fused-ring (bicyclic) bond motifs is 2. The molecule has 0 atom stereocenters. The lowest BCUT2D eigenvalue weighted by Gasteiger charge is -2.17. The fourth-order valence-corrected chi connectivity index (χ4v) is 2.66. The molecule has 2 aliphatic heterocycles. The predicted molar refractivity (Wildman–Crippen MR) is 80.4 cm³/mol. The molecule has 2 aromatic rings. The van der Waals surface area contributed by atoms with Crippen molar-refractivity contribution >= 4 is 0 Å². The normalized spacial score (nSPS) is 15.4. The summed E-state index contributed by atoms with van der Waals surface area (Å²) < 4.78 is 36.1. The van der Waals surface area contributed by atoms with Gasteiger partial charge in [0.15, 0.2) is 11.6 Å². The van der Waals surface area contributed by atoms with E-state index in [1.807, 2.05) is 12.1 Å². The van der Waals surface area contributed by atoms with E-state index in [9.17, 15) is 8.78 Å². The van der Waals surface area contributed by atoms with Crippen LogP contribution in [-0.4, -0.2) is 13.2 Å². The molecule has 0 saturated carbocycles. The van der Waals surface area contributed by atoms with Crippen LogP contribution in [-0.2, 0) is 12.8 Å². The highest BCUT2D eigenvalue weighted by Crippen LogP contribution is 2.29. The van der Waals surface area contributed by atoms with Gasteiger partial charge in [0.2, 0.25) is 5.82 Å². The van der Waals surface area contributed by atoms with Crippen molar-refractivity contribution in [3.05, 3.63) is 59.2 Å². The third-order valence-corrected chi connectivity index (χ3v) is 3.79. The molecule has 2 aromatic carbocycles. The molecule has 22 heavy (non-hydrogen) atoms. The minimum atomic E-state index is -0.854. The fourth-order valence-electron chi connectivity index (χ4n) is 2.66. The summed E-state index contributed by atoms with van der Waals surface area (Å²) in [4.78, 5) is 0. The van der Waals surface area contributed by atoms with Gasteiger partial charge in [-0.05, 0) is 48.9 Å². The van der Waals surface area contributed by atoms with Crippen molar-refractivity contribution in [2.24, 2.45) is 0 Å². The van der Waals surface area contributed by atoms with E-state index in [-0.39, 0.29) is 5.75 Å². The Kier molecular flexibility index (Phi) is 4.56. The van der Waals surface area contributed by atoms with Gasteiger partial charge in [-0.2, -0.15) is 4.39 Å². The molecule has 4 rings (SSSR count). The van der Waals surface area contributed by atoms with E-state index in [1.165, 1.54) is 12.0 Å². The Morgan fingerprint density at radius 1 is 0.773 bits per heavy atom. The van der Waals surface area contributed by atoms with E-state index in [2.05, 4.69) is 12.1 Å². The van der Waals surface area contributed by atoms with Crippen molar-refractivity contribution in [1.82, 2.24) is 0 Å². The molecule has 0 unspecified atom stereocenters. The maximum absolute atomic E-state index is 13.0. The Balaban J connectivity index is 0.000000133. The van der Waals surface area contributed by atoms with Crippen molar-refractivity contribution in [3.8, 4) is 11.5 Å². The van der Waals surface area contributed by atoms with Gasteiger partial charge < -0.3 is 9.47 Å². The third-order valence-electron chi connectivity index (χ3n) is 3.79. The molecule has 0 spiro atoms. The molecule has 2 heterocycles. The Morgan fingerprint density at radius 3 is 2.32 bits per heavy atom. The van der Waals surface area contributed by atoms with Crippen molar-refractivity contribution in [2.45, 2.75) is 25.7 Å². The highest BCUT2D eigenvalue weighted by atomic mass is 19.2. The van der Waals surface area contributed by atoms with Crippen LogP contribution >= 0.6 is 0 Å². The first kappa shape index (κ1) is 14.8. The quantitative estimate of drug-likeness (QED) is 0.722. The number of aryl methyl sites for hydroxylation is 2. The minimum Gasteiger partial charge on any atom is -0.493 e. The Hall–Kier alpha value is -2.10. The van der Waals surface area contributed by atoms with Crippen molar-refractivity contribution in [2.75, 3.05) is 13.2 Å². The molecule has 2 aliphatic rings. The van der Waals surface area contributed by atoms with Gasteiger partial charge in [0, 0.05) is 0 Å². The molecule has 0 aromatic heterocycles. The maximum atomic E-state index is 13.0. The number of ether oxygens (including phenoxy) is 2. The summed E-state index contributed by atoms with van der Waals surface area (Å²) in [7, 11) is 0. The lowest BCUT2D eigenvalue weighted by molar-refractivity contribution is 0.268. The van der Waals surface area contributed by atoms with Crippen LogP contribution in [0.4, 0.5) is 8.78 Å². The highest BCUT2D eigenvalue weighted by Gasteiger charge is 2.17. The van der Waals surface area contributed by atoms with E-state index in [0.29, 0.717) is 6.61 Å². The van der Waals surface area contributed by atoms with Crippen LogP contribution in [0.25, 0.3) is 0 Å². The Bertz CT molecular complexity index is 631. The minimum absolute atomic E-state index is 0.0984. The second-order valence-corrected chi connectivity index (χ2v) is 5.36. The van der Waals surface area contributed by atoms with Crippen molar-refractivity contribution < 1.29 is 18.3 Å². The Labute approximate surface area is 128 Å². The van der Waals surface area contributed by atoms with Gasteiger partial charge in [-0.3, -0.25) is 0 Å². The second-order valence-electron chi connectivity index (χ2n) is 5.36. The third kappa shape index (κ3) is 3.21. The molecule has 4 heteroatoms. The smallest absolute Gasteiger partial charge is 0.200 e. The fraction of sp³-hybridized carbons (Fsp3) is 0.333. The molecular weight excluding hydrogens is 286 g/mol. The Morgan fingerprint density at radius 2 is 1.50 bits per heavy atom. The molecule has 0 amide bonds. The number of hydrogen-bond donors (Lipinski definition) is 0. The van der Waals surface area contributed by atoms with Gasteiger partial charge in [0.25, 0.3) is 0 Å². The molecule has 0 aliphatic carbocycles. The standard InChI is InChI=1S/C9H8F2O.C9H10O/c10-7-4-3-6-2-1-5-12-9(6)8(7)11;1-2-6-9-8(4-1)5-3-7-10-9/h3-4H,1-2,5H2;1-2,4,6H,3,5,7H2. The molecule has 116 valence electrons. The lowest BCUT2D eigenvalue weighted by Crippen LogP contribution is -2.10. The number of benzene rings is 2. The zero-order valence-corrected chi connectivity index (χ0v) is 12.3. The van der Waals surface area contributed by atoms with Crippen LogP contribution in [0.5, 0.6) is 11.5 Å². The van der Waals surface area contributed by atoms with Crippen LogP contribution in [0.1, 0.15) is 24.0 Å². The molecule has 0 N–H and O–H groups in total. The number of halogens is 2. The van der Waals surface area contributed by atoms with Gasteiger partial charge in [0.1, 0.15) is 5.75 Å². The van der Waals surface area contributed by atoms with E-state index < -0.39 is 11.6 Å². The summed E-state index contributed by atoms with van der Waals surface area (Å²) in [6.45, 7) is 1.37. The summed E-state index contributed by atoms with van der Waals surface area (Å²) in [6, 6.07) is 11.0. The monoisotopic (exact) mass is 304 g/mol. The van der Waals surface area contributed by atoms with Crippen LogP contribution in [0, 0.1) is 11.6 Å². The zero-order valence-electron chi connectivity index (χ0n) is 12.3. The van der Waals surface area contributed by atoms with Crippen LogP contribution in [0.15, 0.2) is 36.4 Å². The largest absolute Gasteiger partial charge is 0.493 e. The highest BCUT2D eigenvalue weighted by molar-refractivity contribution is 5.37. The van der Waals surface area contributed by atoms with Crippen LogP contribution < -0.4 is 9.47 Å². The SMILES string of the molecule is Fc1ccc2c(c1F)OCCC2.c1ccc2c(c1)CCCO2. The maximum Gasteiger partial charge on any atom is 0.200 e. The van der Waals surface area contributed by atoms with Crippen molar-refractivity contribution in [3.63, 3.8) is 0 Å². The number of hydrogen-bond acceptors (Lipinski definition) is 2. The van der Waals surface area contributed by atoms with E-state index >= 15 is 0 Å². The van der Waals surface area contributed by atoms with Gasteiger partial charge in [0.05, 0.1) is 13.2 Å². The molecule has 0 saturated heterocycles. The summed E-state index contributed by atoms with van der Waals surface area (Å²) in [5, 5.41) is 0. The van der Waals surface area contributed by atoms with Gasteiger partial charge in [-0.15, -0.1) is 0 Å². The second kappa shape index (κ2) is 6.77. The molecule has 2 nitrogen and oxygen atoms in total. The van der Waals surface area contributed by atoms with E-state index in [4.69, 9.17) is 9.47 Å². The zero-order chi connectivity index (χ0) is 15.4. The van der Waals surface area contributed by atoms with Crippen molar-refractivity contribution in [1.29, 1.82) is 0 Å². The summed E-state index contributed by atoms with van der Waals surface area (Å²) >= 11 is 0. The first-order chi connectivity index (χ1) is 10.8. The summed E-state index contributed by atoms with van der Waals surface area (Å²) in [6.07, 6.45) is 3.98. The molecule has 0 bridgehead atoms. The van der Waals surface area contributed by atoms with Gasteiger partial charge in [-0.25, -0.2) is 4.39 Å². The average molecular weight is 304 g/mol. The first-order valence-electron chi connectivity index (χ1n) is 7.56. The number of para-hydroxylation sites is 1. The van der Waals surface area contributed by atoms with Gasteiger partial charge in [-0.1, -0.05) is 24.3 Å². The van der Waals surface area contributed by atoms with Crippen LogP contribution in [0.3, 0.4) is 0 Å². The average Bonchev–Trinajstić information content (AvgIpc) is 2.59. The van der Waals surface area contributed by atoms with E-state index in [1.54, 1.807) is 6.07 Å². The molecular formula is C18H18F2O2. The first-order valence-corrected chi connectivity index (χ1v) is 7.56.